The van der Waals surface area contributed by atoms with Crippen molar-refractivity contribution < 1.29 is 9.72 Å². The van der Waals surface area contributed by atoms with Gasteiger partial charge in [-0.2, -0.15) is 0 Å². The maximum Gasteiger partial charge on any atom is 0.348 e. The Labute approximate surface area is 121 Å². The number of nitrogens with zero attached hydrogens (tertiary/aromatic N) is 3. The molecule has 0 N–H and O–H groups in total. The molecule has 6 nitrogen and oxygen atoms in total. The summed E-state index contributed by atoms with van der Waals surface area (Å²) in [6.45, 7) is 2.50. The molecule has 0 spiro atoms. The fraction of sp³-hybridized carbons (Fsp3) is 0.308. The summed E-state index contributed by atoms with van der Waals surface area (Å²) in [5.74, 6) is 0.189. The summed E-state index contributed by atoms with van der Waals surface area (Å²) in [6.07, 6.45) is 0. The van der Waals surface area contributed by atoms with Crippen molar-refractivity contribution in [2.24, 2.45) is 0 Å². The molecule has 1 amide bonds. The Morgan fingerprint density at radius 2 is 1.95 bits per heavy atom. The van der Waals surface area contributed by atoms with Crippen LogP contribution < -0.4 is 0 Å². The molecule has 0 atom stereocenters. The number of hydrogen-bond donors (Lipinski definition) is 0. The number of hydrogen-bond acceptors (Lipinski definition) is 5. The fourth-order valence-electron chi connectivity index (χ4n) is 2.02. The third-order valence-electron chi connectivity index (χ3n) is 2.97. The lowest BCUT2D eigenvalue weighted by atomic mass is 10.4. The zero-order chi connectivity index (χ0) is 14.7. The lowest BCUT2D eigenvalue weighted by Gasteiger charge is -2.18. The average molecular weight is 293 g/mol. The van der Waals surface area contributed by atoms with Crippen LogP contribution in [0, 0.1) is 10.1 Å². The molecule has 106 valence electrons. The van der Waals surface area contributed by atoms with Crippen LogP contribution in [0.15, 0.2) is 46.1 Å². The summed E-state index contributed by atoms with van der Waals surface area (Å²) < 4.78 is 0. The number of benzene rings is 1. The summed E-state index contributed by atoms with van der Waals surface area (Å²) in [6, 6.07) is 9.12. The predicted molar refractivity (Wildman–Crippen MR) is 76.3 cm³/mol. The molecule has 0 radical (unpaired) electrons. The van der Waals surface area contributed by atoms with Crippen LogP contribution in [0.25, 0.3) is 0 Å². The van der Waals surface area contributed by atoms with Crippen molar-refractivity contribution in [1.82, 2.24) is 9.80 Å². The van der Waals surface area contributed by atoms with E-state index in [0.29, 0.717) is 18.9 Å². The predicted octanol–water partition coefficient (Wildman–Crippen LogP) is 1.98. The van der Waals surface area contributed by atoms with Crippen molar-refractivity contribution in [3.8, 4) is 0 Å². The van der Waals surface area contributed by atoms with Crippen LogP contribution in [-0.2, 0) is 4.79 Å². The molecule has 1 aromatic carbocycles. The second kappa shape index (κ2) is 5.96. The first-order chi connectivity index (χ1) is 9.50. The van der Waals surface area contributed by atoms with Crippen LogP contribution in [-0.4, -0.2) is 40.8 Å². The average Bonchev–Trinajstić information content (AvgIpc) is 2.79. The normalized spacial score (nSPS) is 17.3. The molecule has 1 aliphatic rings. The van der Waals surface area contributed by atoms with E-state index in [2.05, 4.69) is 0 Å². The second-order valence-corrected chi connectivity index (χ2v) is 5.46. The van der Waals surface area contributed by atoms with Crippen molar-refractivity contribution in [2.75, 3.05) is 20.1 Å². The van der Waals surface area contributed by atoms with Crippen LogP contribution in [0.4, 0.5) is 0 Å². The van der Waals surface area contributed by atoms with Gasteiger partial charge in [0.05, 0.1) is 4.92 Å². The maximum absolute atomic E-state index is 11.6. The number of amides is 1. The van der Waals surface area contributed by atoms with E-state index in [0.717, 1.165) is 16.7 Å². The maximum atomic E-state index is 11.6. The number of rotatable bonds is 3. The Balaban J connectivity index is 2.42. The largest absolute Gasteiger partial charge is 0.353 e. The molecule has 1 heterocycles. The molecule has 1 fully saturated rings. The molecular formula is C13H15N3O3S. The molecule has 0 bridgehead atoms. The van der Waals surface area contributed by atoms with Crippen LogP contribution in [0.1, 0.15) is 6.92 Å². The van der Waals surface area contributed by atoms with Gasteiger partial charge in [0, 0.05) is 32.0 Å². The summed E-state index contributed by atoms with van der Waals surface area (Å²) in [7, 11) is 1.76. The highest BCUT2D eigenvalue weighted by molar-refractivity contribution is 8.02. The lowest BCUT2D eigenvalue weighted by Crippen LogP contribution is -2.28. The summed E-state index contributed by atoms with van der Waals surface area (Å²) >= 11 is 1.06. The molecule has 0 unspecified atom stereocenters. The van der Waals surface area contributed by atoms with Crippen LogP contribution in [0.2, 0.25) is 0 Å². The van der Waals surface area contributed by atoms with Crippen molar-refractivity contribution in [3.63, 3.8) is 0 Å². The zero-order valence-electron chi connectivity index (χ0n) is 11.3. The fourth-order valence-corrected chi connectivity index (χ4v) is 2.97. The SMILES string of the molecule is CC(=O)N1CCN(C)C1=C(Sc1ccccc1)[N+](=O)[O-]. The quantitative estimate of drug-likeness (QED) is 0.484. The van der Waals surface area contributed by atoms with E-state index in [9.17, 15) is 14.9 Å². The molecule has 0 aliphatic carbocycles. The van der Waals surface area contributed by atoms with Gasteiger partial charge >= 0.3 is 5.03 Å². The number of nitro groups is 1. The molecule has 0 aromatic heterocycles. The first-order valence-corrected chi connectivity index (χ1v) is 6.93. The second-order valence-electron chi connectivity index (χ2n) is 4.39. The summed E-state index contributed by atoms with van der Waals surface area (Å²) in [5, 5.41) is 11.3. The Morgan fingerprint density at radius 1 is 1.30 bits per heavy atom. The third kappa shape index (κ3) is 2.93. The highest BCUT2D eigenvalue weighted by atomic mass is 32.2. The van der Waals surface area contributed by atoms with E-state index in [-0.39, 0.29) is 10.9 Å². The molecule has 1 saturated heterocycles. The summed E-state index contributed by atoms with van der Waals surface area (Å²) in [5.41, 5.74) is 0. The van der Waals surface area contributed by atoms with E-state index >= 15 is 0 Å². The minimum absolute atomic E-state index is 0.0219. The number of thioether (sulfide) groups is 1. The molecule has 2 rings (SSSR count). The van der Waals surface area contributed by atoms with Crippen LogP contribution >= 0.6 is 11.8 Å². The monoisotopic (exact) mass is 293 g/mol. The number of carbonyl (C=O) groups excluding carboxylic acids is 1. The topological polar surface area (TPSA) is 66.7 Å². The zero-order valence-corrected chi connectivity index (χ0v) is 12.1. The van der Waals surface area contributed by atoms with Crippen LogP contribution in [0.3, 0.4) is 0 Å². The third-order valence-corrected chi connectivity index (χ3v) is 4.00. The van der Waals surface area contributed by atoms with E-state index in [1.807, 2.05) is 30.3 Å². The standard InChI is InChI=1S/C13H15N3O3S/c1-10(17)15-9-8-14(2)12(15)13(16(18)19)20-11-6-4-3-5-7-11/h3-7H,8-9H2,1-2H3. The smallest absolute Gasteiger partial charge is 0.348 e. The molecule has 0 saturated carbocycles. The molecule has 1 aromatic rings. The van der Waals surface area contributed by atoms with E-state index in [1.54, 1.807) is 11.9 Å². The van der Waals surface area contributed by atoms with Crippen molar-refractivity contribution >= 4 is 17.7 Å². The van der Waals surface area contributed by atoms with E-state index in [1.165, 1.54) is 11.8 Å². The minimum atomic E-state index is -0.426. The Hall–Kier alpha value is -2.02. The Kier molecular flexibility index (Phi) is 4.29. The van der Waals surface area contributed by atoms with Gasteiger partial charge in [0.15, 0.2) is 5.82 Å². The van der Waals surface area contributed by atoms with Gasteiger partial charge in [0.2, 0.25) is 5.91 Å². The first kappa shape index (κ1) is 14.4. The Morgan fingerprint density at radius 3 is 2.50 bits per heavy atom. The van der Waals surface area contributed by atoms with E-state index in [4.69, 9.17) is 0 Å². The van der Waals surface area contributed by atoms with Gasteiger partial charge in [0.1, 0.15) is 0 Å². The Bertz CT molecular complexity index is 559. The first-order valence-electron chi connectivity index (χ1n) is 6.11. The highest BCUT2D eigenvalue weighted by Gasteiger charge is 2.34. The molecule has 20 heavy (non-hydrogen) atoms. The van der Waals surface area contributed by atoms with E-state index < -0.39 is 4.92 Å². The van der Waals surface area contributed by atoms with Gasteiger partial charge in [-0.3, -0.25) is 19.8 Å². The molecule has 7 heteroatoms. The van der Waals surface area contributed by atoms with Gasteiger partial charge in [-0.25, -0.2) is 0 Å². The number of carbonyl (C=O) groups is 1. The van der Waals surface area contributed by atoms with Crippen LogP contribution in [0.5, 0.6) is 0 Å². The van der Waals surface area contributed by atoms with Crippen molar-refractivity contribution in [3.05, 3.63) is 51.3 Å². The summed E-state index contributed by atoms with van der Waals surface area (Å²) in [4.78, 5) is 26.5. The van der Waals surface area contributed by atoms with Gasteiger partial charge < -0.3 is 4.90 Å². The van der Waals surface area contributed by atoms with Gasteiger partial charge in [-0.1, -0.05) is 18.2 Å². The van der Waals surface area contributed by atoms with Crippen molar-refractivity contribution in [2.45, 2.75) is 11.8 Å². The minimum Gasteiger partial charge on any atom is -0.353 e. The van der Waals surface area contributed by atoms with Gasteiger partial charge in [-0.05, 0) is 23.9 Å². The highest BCUT2D eigenvalue weighted by Crippen LogP contribution is 2.33. The molecular weight excluding hydrogens is 278 g/mol. The van der Waals surface area contributed by atoms with Gasteiger partial charge in [0.25, 0.3) is 0 Å². The van der Waals surface area contributed by atoms with Crippen molar-refractivity contribution in [1.29, 1.82) is 0 Å². The molecule has 1 aliphatic heterocycles. The number of likely N-dealkylation sites (N-methyl/N-ethyl adjacent to an activating group) is 1. The van der Waals surface area contributed by atoms with Gasteiger partial charge in [-0.15, -0.1) is 0 Å². The lowest BCUT2D eigenvalue weighted by molar-refractivity contribution is -0.413.